The van der Waals surface area contributed by atoms with Gasteiger partial charge in [-0.2, -0.15) is 0 Å². The molecular formula is C12H12O2S. The van der Waals surface area contributed by atoms with E-state index in [1.54, 1.807) is 12.1 Å². The van der Waals surface area contributed by atoms with Crippen LogP contribution in [-0.4, -0.2) is 16.0 Å². The molecule has 1 aromatic carbocycles. The number of hydrogen-bond acceptors (Lipinski definition) is 3. The number of phenolic OH excluding ortho intramolecular Hbond substituents is 1. The molecule has 3 heteroatoms. The lowest BCUT2D eigenvalue weighted by Gasteiger charge is -1.97. The van der Waals surface area contributed by atoms with Gasteiger partial charge in [-0.15, -0.1) is 0 Å². The van der Waals surface area contributed by atoms with Gasteiger partial charge in [-0.1, -0.05) is 29.7 Å². The van der Waals surface area contributed by atoms with Crippen LogP contribution < -0.4 is 0 Å². The van der Waals surface area contributed by atoms with Crippen LogP contribution in [-0.2, 0) is 4.79 Å². The molecule has 0 aliphatic carbocycles. The Hall–Kier alpha value is -1.40. The first-order valence-corrected chi connectivity index (χ1v) is 5.50. The number of carbonyl (C=O) groups is 1. The van der Waals surface area contributed by atoms with Crippen LogP contribution in [0.3, 0.4) is 0 Å². The number of benzene rings is 1. The summed E-state index contributed by atoms with van der Waals surface area (Å²) >= 11 is 1.19. The normalized spacial score (nSPS) is 9.20. The fourth-order valence-electron chi connectivity index (χ4n) is 1.01. The van der Waals surface area contributed by atoms with Gasteiger partial charge in [-0.3, -0.25) is 4.79 Å². The van der Waals surface area contributed by atoms with Crippen LogP contribution in [0.15, 0.2) is 18.2 Å². The van der Waals surface area contributed by atoms with Crippen molar-refractivity contribution in [1.82, 2.24) is 0 Å². The van der Waals surface area contributed by atoms with Gasteiger partial charge in [0.25, 0.3) is 0 Å². The van der Waals surface area contributed by atoms with Gasteiger partial charge in [0.1, 0.15) is 5.75 Å². The predicted octanol–water partition coefficient (Wildman–Crippen LogP) is 2.33. The smallest absolute Gasteiger partial charge is 0.186 e. The zero-order valence-electron chi connectivity index (χ0n) is 8.70. The average Bonchev–Trinajstić information content (AvgIpc) is 2.17. The molecule has 0 fully saturated rings. The zero-order chi connectivity index (χ0) is 11.3. The van der Waals surface area contributed by atoms with E-state index in [0.717, 1.165) is 11.1 Å². The van der Waals surface area contributed by atoms with Crippen molar-refractivity contribution >= 4 is 16.9 Å². The van der Waals surface area contributed by atoms with Crippen molar-refractivity contribution in [1.29, 1.82) is 0 Å². The fraction of sp³-hybridized carbons (Fsp3) is 0.250. The van der Waals surface area contributed by atoms with Crippen molar-refractivity contribution in [3.8, 4) is 17.6 Å². The highest BCUT2D eigenvalue weighted by Crippen LogP contribution is 2.14. The molecule has 78 valence electrons. The maximum absolute atomic E-state index is 10.6. The SMILES string of the molecule is CC(=O)SCC#Cc1cc(O)ccc1C. The Labute approximate surface area is 93.7 Å². The van der Waals surface area contributed by atoms with Crippen LogP contribution in [0.5, 0.6) is 5.75 Å². The van der Waals surface area contributed by atoms with E-state index in [-0.39, 0.29) is 10.9 Å². The third-order valence-corrected chi connectivity index (χ3v) is 2.49. The quantitative estimate of drug-likeness (QED) is 0.738. The maximum Gasteiger partial charge on any atom is 0.186 e. The van der Waals surface area contributed by atoms with Crippen molar-refractivity contribution in [2.75, 3.05) is 5.75 Å². The summed E-state index contributed by atoms with van der Waals surface area (Å²) in [6.07, 6.45) is 0. The first kappa shape index (κ1) is 11.7. The molecule has 1 rings (SSSR count). The largest absolute Gasteiger partial charge is 0.508 e. The minimum Gasteiger partial charge on any atom is -0.508 e. The van der Waals surface area contributed by atoms with Crippen molar-refractivity contribution in [2.24, 2.45) is 0 Å². The average molecular weight is 220 g/mol. The second kappa shape index (κ2) is 5.47. The second-order valence-electron chi connectivity index (χ2n) is 3.08. The molecule has 0 spiro atoms. The van der Waals surface area contributed by atoms with E-state index in [4.69, 9.17) is 0 Å². The summed E-state index contributed by atoms with van der Waals surface area (Å²) in [6.45, 7) is 3.45. The standard InChI is InChI=1S/C12H12O2S/c1-9-5-6-12(14)8-11(9)4-3-7-15-10(2)13/h5-6,8,14H,7H2,1-2H3. The summed E-state index contributed by atoms with van der Waals surface area (Å²) in [6, 6.07) is 5.07. The maximum atomic E-state index is 10.6. The summed E-state index contributed by atoms with van der Waals surface area (Å²) in [4.78, 5) is 10.6. The molecule has 0 bridgehead atoms. The predicted molar refractivity (Wildman–Crippen MR) is 62.9 cm³/mol. The molecule has 0 aliphatic heterocycles. The van der Waals surface area contributed by atoms with E-state index in [1.807, 2.05) is 13.0 Å². The van der Waals surface area contributed by atoms with Gasteiger partial charge in [0, 0.05) is 12.5 Å². The molecule has 1 aromatic rings. The Morgan fingerprint density at radius 1 is 1.53 bits per heavy atom. The van der Waals surface area contributed by atoms with E-state index >= 15 is 0 Å². The van der Waals surface area contributed by atoms with Crippen LogP contribution in [0.1, 0.15) is 18.1 Å². The molecule has 0 saturated heterocycles. The number of thioether (sulfide) groups is 1. The molecule has 0 unspecified atom stereocenters. The van der Waals surface area contributed by atoms with E-state index in [2.05, 4.69) is 11.8 Å². The number of aromatic hydroxyl groups is 1. The number of phenols is 1. The second-order valence-corrected chi connectivity index (χ2v) is 4.23. The molecule has 15 heavy (non-hydrogen) atoms. The van der Waals surface area contributed by atoms with Gasteiger partial charge < -0.3 is 5.11 Å². The van der Waals surface area contributed by atoms with E-state index in [9.17, 15) is 9.90 Å². The Balaban J connectivity index is 2.71. The molecule has 0 atom stereocenters. The van der Waals surface area contributed by atoms with Crippen molar-refractivity contribution in [2.45, 2.75) is 13.8 Å². The highest BCUT2D eigenvalue weighted by atomic mass is 32.2. The summed E-state index contributed by atoms with van der Waals surface area (Å²) < 4.78 is 0. The molecule has 0 radical (unpaired) electrons. The molecule has 0 heterocycles. The number of aryl methyl sites for hydroxylation is 1. The topological polar surface area (TPSA) is 37.3 Å². The Morgan fingerprint density at radius 2 is 2.27 bits per heavy atom. The van der Waals surface area contributed by atoms with E-state index < -0.39 is 0 Å². The number of carbonyl (C=O) groups excluding carboxylic acids is 1. The Kier molecular flexibility index (Phi) is 4.26. The third kappa shape index (κ3) is 4.09. The van der Waals surface area contributed by atoms with E-state index in [1.165, 1.54) is 18.7 Å². The van der Waals surface area contributed by atoms with Crippen LogP contribution in [0.2, 0.25) is 0 Å². The zero-order valence-corrected chi connectivity index (χ0v) is 9.52. The Morgan fingerprint density at radius 3 is 2.93 bits per heavy atom. The monoisotopic (exact) mass is 220 g/mol. The first-order valence-electron chi connectivity index (χ1n) is 4.51. The van der Waals surface area contributed by atoms with Gasteiger partial charge in [-0.05, 0) is 24.6 Å². The number of rotatable bonds is 1. The molecule has 2 nitrogen and oxygen atoms in total. The van der Waals surface area contributed by atoms with Gasteiger partial charge >= 0.3 is 0 Å². The lowest BCUT2D eigenvalue weighted by Crippen LogP contribution is -1.84. The van der Waals surface area contributed by atoms with Crippen LogP contribution in [0.25, 0.3) is 0 Å². The fourth-order valence-corrected chi connectivity index (χ4v) is 1.36. The molecule has 0 aliphatic rings. The van der Waals surface area contributed by atoms with Gasteiger partial charge in [-0.25, -0.2) is 0 Å². The highest BCUT2D eigenvalue weighted by Gasteiger charge is 1.95. The summed E-state index contributed by atoms with van der Waals surface area (Å²) in [7, 11) is 0. The molecule has 0 amide bonds. The van der Waals surface area contributed by atoms with Crippen LogP contribution in [0.4, 0.5) is 0 Å². The Bertz CT molecular complexity index is 427. The highest BCUT2D eigenvalue weighted by molar-refractivity contribution is 8.13. The van der Waals surface area contributed by atoms with Crippen LogP contribution >= 0.6 is 11.8 Å². The van der Waals surface area contributed by atoms with Gasteiger partial charge in [0.15, 0.2) is 5.12 Å². The van der Waals surface area contributed by atoms with Crippen molar-refractivity contribution in [3.05, 3.63) is 29.3 Å². The van der Waals surface area contributed by atoms with Crippen molar-refractivity contribution < 1.29 is 9.90 Å². The van der Waals surface area contributed by atoms with Gasteiger partial charge in [0.2, 0.25) is 0 Å². The summed E-state index contributed by atoms with van der Waals surface area (Å²) in [5.74, 6) is 6.51. The third-order valence-electron chi connectivity index (χ3n) is 1.79. The molecule has 0 saturated carbocycles. The molecule has 0 aromatic heterocycles. The minimum absolute atomic E-state index is 0.0666. The first-order chi connectivity index (χ1) is 7.09. The summed E-state index contributed by atoms with van der Waals surface area (Å²) in [5, 5.41) is 9.32. The van der Waals surface area contributed by atoms with Gasteiger partial charge in [0.05, 0.1) is 5.75 Å². The lowest BCUT2D eigenvalue weighted by molar-refractivity contribution is -0.109. The minimum atomic E-state index is 0.0666. The molecule has 1 N–H and O–H groups in total. The summed E-state index contributed by atoms with van der Waals surface area (Å²) in [5.41, 5.74) is 1.83. The van der Waals surface area contributed by atoms with Crippen molar-refractivity contribution in [3.63, 3.8) is 0 Å². The number of hydrogen-bond donors (Lipinski definition) is 1. The molecular weight excluding hydrogens is 208 g/mol. The van der Waals surface area contributed by atoms with E-state index in [0.29, 0.717) is 5.75 Å². The van der Waals surface area contributed by atoms with Crippen LogP contribution in [0, 0.1) is 18.8 Å². The lowest BCUT2D eigenvalue weighted by atomic mass is 10.1.